The second kappa shape index (κ2) is 8.32. The molecular formula is C16H18Br2N2S. The van der Waals surface area contributed by atoms with E-state index < -0.39 is 0 Å². The van der Waals surface area contributed by atoms with Crippen molar-refractivity contribution in [3.05, 3.63) is 51.0 Å². The van der Waals surface area contributed by atoms with E-state index in [1.807, 2.05) is 18.3 Å². The number of nitrogens with zero attached hydrogens (tertiary/aromatic N) is 1. The molecule has 0 aliphatic rings. The van der Waals surface area contributed by atoms with E-state index in [9.17, 15) is 0 Å². The fraction of sp³-hybridized carbons (Fsp3) is 0.312. The molecule has 0 radical (unpaired) electrons. The van der Waals surface area contributed by atoms with Gasteiger partial charge in [-0.3, -0.25) is 0 Å². The number of rotatable bonds is 6. The van der Waals surface area contributed by atoms with Crippen LogP contribution >= 0.6 is 43.6 Å². The molecule has 0 aliphatic heterocycles. The van der Waals surface area contributed by atoms with Crippen molar-refractivity contribution in [3.8, 4) is 0 Å². The summed E-state index contributed by atoms with van der Waals surface area (Å²) in [6.45, 7) is 6.37. The molecule has 1 N–H and O–H groups in total. The summed E-state index contributed by atoms with van der Waals surface area (Å²) in [6, 6.07) is 10.5. The van der Waals surface area contributed by atoms with Crippen LogP contribution in [-0.2, 0) is 6.54 Å². The predicted molar refractivity (Wildman–Crippen MR) is 96.7 cm³/mol. The van der Waals surface area contributed by atoms with Crippen molar-refractivity contribution in [1.82, 2.24) is 10.3 Å². The van der Waals surface area contributed by atoms with Crippen LogP contribution in [0.5, 0.6) is 0 Å². The summed E-state index contributed by atoms with van der Waals surface area (Å²) in [6.07, 6.45) is 1.82. The lowest BCUT2D eigenvalue weighted by Crippen LogP contribution is -2.18. The van der Waals surface area contributed by atoms with Crippen LogP contribution in [0.1, 0.15) is 19.4 Å². The van der Waals surface area contributed by atoms with E-state index in [1.54, 1.807) is 11.8 Å². The van der Waals surface area contributed by atoms with Crippen molar-refractivity contribution in [2.24, 2.45) is 5.92 Å². The van der Waals surface area contributed by atoms with Crippen molar-refractivity contribution in [3.63, 3.8) is 0 Å². The molecule has 2 rings (SSSR count). The number of halogens is 2. The minimum Gasteiger partial charge on any atom is -0.312 e. The van der Waals surface area contributed by atoms with Crippen molar-refractivity contribution < 1.29 is 0 Å². The molecule has 1 heterocycles. The van der Waals surface area contributed by atoms with E-state index in [-0.39, 0.29) is 0 Å². The van der Waals surface area contributed by atoms with Gasteiger partial charge in [-0.25, -0.2) is 4.98 Å². The Morgan fingerprint density at radius 2 is 2.00 bits per heavy atom. The van der Waals surface area contributed by atoms with Gasteiger partial charge in [0.1, 0.15) is 5.03 Å². The molecule has 2 aromatic rings. The van der Waals surface area contributed by atoms with Gasteiger partial charge in [0, 0.05) is 26.6 Å². The molecule has 2 nitrogen and oxygen atoms in total. The van der Waals surface area contributed by atoms with Crippen molar-refractivity contribution in [2.75, 3.05) is 6.54 Å². The second-order valence-corrected chi connectivity index (χ2v) is 8.04. The Morgan fingerprint density at radius 1 is 1.19 bits per heavy atom. The van der Waals surface area contributed by atoms with Gasteiger partial charge >= 0.3 is 0 Å². The molecule has 112 valence electrons. The summed E-state index contributed by atoms with van der Waals surface area (Å²) in [5, 5.41) is 4.45. The zero-order valence-electron chi connectivity index (χ0n) is 12.1. The molecule has 0 bridgehead atoms. The SMILES string of the molecule is CC(C)CNCc1ccc(Sc2ccc(Br)cn2)c(Br)c1. The van der Waals surface area contributed by atoms with Crippen LogP contribution < -0.4 is 5.32 Å². The van der Waals surface area contributed by atoms with Gasteiger partial charge in [0.2, 0.25) is 0 Å². The first-order chi connectivity index (χ1) is 10.0. The molecule has 5 heteroatoms. The van der Waals surface area contributed by atoms with E-state index in [2.05, 4.69) is 74.2 Å². The highest BCUT2D eigenvalue weighted by Gasteiger charge is 2.05. The van der Waals surface area contributed by atoms with Crippen LogP contribution in [0.15, 0.2) is 55.4 Å². The lowest BCUT2D eigenvalue weighted by molar-refractivity contribution is 0.552. The maximum atomic E-state index is 4.39. The third kappa shape index (κ3) is 5.74. The summed E-state index contributed by atoms with van der Waals surface area (Å²) < 4.78 is 2.11. The van der Waals surface area contributed by atoms with Crippen LogP contribution in [0.4, 0.5) is 0 Å². The lowest BCUT2D eigenvalue weighted by atomic mass is 10.2. The first-order valence-electron chi connectivity index (χ1n) is 6.83. The van der Waals surface area contributed by atoms with Crippen molar-refractivity contribution in [1.29, 1.82) is 0 Å². The number of benzene rings is 1. The van der Waals surface area contributed by atoms with Gasteiger partial charge in [-0.05, 0) is 74.2 Å². The highest BCUT2D eigenvalue weighted by molar-refractivity contribution is 9.10. The molecule has 0 unspecified atom stereocenters. The molecule has 1 aromatic carbocycles. The monoisotopic (exact) mass is 428 g/mol. The smallest absolute Gasteiger partial charge is 0.101 e. The van der Waals surface area contributed by atoms with Crippen LogP contribution in [-0.4, -0.2) is 11.5 Å². The zero-order valence-corrected chi connectivity index (χ0v) is 16.1. The quantitative estimate of drug-likeness (QED) is 0.655. The maximum Gasteiger partial charge on any atom is 0.101 e. The summed E-state index contributed by atoms with van der Waals surface area (Å²) in [5.74, 6) is 0.673. The van der Waals surface area contributed by atoms with Gasteiger partial charge in [0.25, 0.3) is 0 Å². The summed E-state index contributed by atoms with van der Waals surface area (Å²) in [5.41, 5.74) is 1.29. The Kier molecular flexibility index (Phi) is 6.74. The third-order valence-electron chi connectivity index (χ3n) is 2.79. The maximum absolute atomic E-state index is 4.39. The molecule has 0 aliphatic carbocycles. The molecule has 0 saturated carbocycles. The molecule has 0 saturated heterocycles. The van der Waals surface area contributed by atoms with Crippen LogP contribution in [0.2, 0.25) is 0 Å². The number of hydrogen-bond donors (Lipinski definition) is 1. The first-order valence-corrected chi connectivity index (χ1v) is 9.23. The molecule has 0 amide bonds. The fourth-order valence-electron chi connectivity index (χ4n) is 1.78. The highest BCUT2D eigenvalue weighted by Crippen LogP contribution is 2.33. The van der Waals surface area contributed by atoms with E-state index in [0.717, 1.165) is 27.1 Å². The van der Waals surface area contributed by atoms with Gasteiger partial charge in [0.15, 0.2) is 0 Å². The topological polar surface area (TPSA) is 24.9 Å². The molecule has 21 heavy (non-hydrogen) atoms. The van der Waals surface area contributed by atoms with E-state index in [1.165, 1.54) is 10.5 Å². The number of aromatic nitrogens is 1. The molecule has 0 spiro atoms. The normalized spacial score (nSPS) is 11.1. The summed E-state index contributed by atoms with van der Waals surface area (Å²) in [7, 11) is 0. The van der Waals surface area contributed by atoms with Crippen molar-refractivity contribution in [2.45, 2.75) is 30.3 Å². The van der Waals surface area contributed by atoms with Crippen LogP contribution in [0.25, 0.3) is 0 Å². The Balaban J connectivity index is 2.00. The van der Waals surface area contributed by atoms with Gasteiger partial charge in [-0.15, -0.1) is 0 Å². The summed E-state index contributed by atoms with van der Waals surface area (Å²) >= 11 is 8.72. The van der Waals surface area contributed by atoms with Gasteiger partial charge in [-0.1, -0.05) is 31.7 Å². The van der Waals surface area contributed by atoms with Gasteiger partial charge < -0.3 is 5.32 Å². The van der Waals surface area contributed by atoms with E-state index in [4.69, 9.17) is 0 Å². The van der Waals surface area contributed by atoms with E-state index >= 15 is 0 Å². The average Bonchev–Trinajstić information content (AvgIpc) is 2.44. The second-order valence-electron chi connectivity index (χ2n) is 5.21. The van der Waals surface area contributed by atoms with E-state index in [0.29, 0.717) is 5.92 Å². The Bertz CT molecular complexity index is 585. The fourth-order valence-corrected chi connectivity index (χ4v) is 3.44. The molecular weight excluding hydrogens is 412 g/mol. The highest BCUT2D eigenvalue weighted by atomic mass is 79.9. The number of hydrogen-bond acceptors (Lipinski definition) is 3. The standard InChI is InChI=1S/C16H18Br2N2S/c1-11(2)8-19-9-12-3-5-15(14(18)7-12)21-16-6-4-13(17)10-20-16/h3-7,10-11,19H,8-9H2,1-2H3. The third-order valence-corrected chi connectivity index (χ3v) is 5.21. The van der Waals surface area contributed by atoms with Gasteiger partial charge in [-0.2, -0.15) is 0 Å². The lowest BCUT2D eigenvalue weighted by Gasteiger charge is -2.09. The van der Waals surface area contributed by atoms with Crippen molar-refractivity contribution >= 4 is 43.6 Å². The minimum atomic E-state index is 0.673. The predicted octanol–water partition coefficient (Wildman–Crippen LogP) is 5.50. The number of nitrogens with one attached hydrogen (secondary N) is 1. The summed E-state index contributed by atoms with van der Waals surface area (Å²) in [4.78, 5) is 5.57. The first kappa shape index (κ1) is 17.0. The molecule has 0 fully saturated rings. The average molecular weight is 430 g/mol. The van der Waals surface area contributed by atoms with Crippen LogP contribution in [0, 0.1) is 5.92 Å². The van der Waals surface area contributed by atoms with Gasteiger partial charge in [0.05, 0.1) is 0 Å². The minimum absolute atomic E-state index is 0.673. The Labute approximate surface area is 147 Å². The molecule has 0 atom stereocenters. The Hall–Kier alpha value is -0.360. The molecule has 1 aromatic heterocycles. The largest absolute Gasteiger partial charge is 0.312 e. The number of pyridine rings is 1. The Morgan fingerprint density at radius 3 is 2.62 bits per heavy atom. The van der Waals surface area contributed by atoms with Crippen LogP contribution in [0.3, 0.4) is 0 Å². The zero-order chi connectivity index (χ0) is 15.2.